The van der Waals surface area contributed by atoms with E-state index in [-0.39, 0.29) is 0 Å². The van der Waals surface area contributed by atoms with Gasteiger partial charge in [-0.15, -0.1) is 0 Å². The van der Waals surface area contributed by atoms with Gasteiger partial charge in [0.15, 0.2) is 0 Å². The summed E-state index contributed by atoms with van der Waals surface area (Å²) in [4.78, 5) is 6.89. The van der Waals surface area contributed by atoms with Crippen LogP contribution in [-0.2, 0) is 13.1 Å². The molecule has 3 aromatic rings. The zero-order valence-electron chi connectivity index (χ0n) is 15.4. The molecule has 0 amide bonds. The van der Waals surface area contributed by atoms with Crippen LogP contribution >= 0.6 is 0 Å². The number of fused-ring (bicyclic) bond motifs is 2. The van der Waals surface area contributed by atoms with Gasteiger partial charge in [-0.05, 0) is 25.3 Å². The molecule has 0 radical (unpaired) electrons. The highest BCUT2D eigenvalue weighted by atomic mass is 15.3. The summed E-state index contributed by atoms with van der Waals surface area (Å²) in [5, 5.41) is 18.8. The van der Waals surface area contributed by atoms with Crippen LogP contribution in [0.4, 0.5) is 5.69 Å². The van der Waals surface area contributed by atoms with E-state index in [1.165, 1.54) is 11.3 Å². The number of pyridine rings is 1. The molecular weight excluding hydrogens is 336 g/mol. The second-order valence-electron chi connectivity index (χ2n) is 7.49. The standard InChI is InChI=1S/C21H22N6/c1-14-3-2-4-18-20(14)24-11-15(9-22)21(18)26-7-5-17(6-8-26)27-19-13-23-10-16(19)12-25-27/h2-4,11-12,17,23H,5-8,10,13H2,1H3. The number of nitrogens with one attached hydrogen (secondary N) is 1. The minimum Gasteiger partial charge on any atom is -0.370 e. The lowest BCUT2D eigenvalue weighted by atomic mass is 10.0. The summed E-state index contributed by atoms with van der Waals surface area (Å²) < 4.78 is 2.23. The van der Waals surface area contributed by atoms with Crippen molar-refractivity contribution in [2.24, 2.45) is 0 Å². The van der Waals surface area contributed by atoms with Crippen molar-refractivity contribution >= 4 is 16.6 Å². The van der Waals surface area contributed by atoms with Crippen LogP contribution in [0.15, 0.2) is 30.6 Å². The molecule has 0 bridgehead atoms. The van der Waals surface area contributed by atoms with Crippen molar-refractivity contribution in [1.29, 1.82) is 5.26 Å². The number of rotatable bonds is 2. The second-order valence-corrected chi connectivity index (χ2v) is 7.49. The van der Waals surface area contributed by atoms with Crippen LogP contribution in [-0.4, -0.2) is 27.9 Å². The number of nitriles is 1. The van der Waals surface area contributed by atoms with Crippen molar-refractivity contribution in [3.05, 3.63) is 53.0 Å². The molecular formula is C21H22N6. The quantitative estimate of drug-likeness (QED) is 0.762. The van der Waals surface area contributed by atoms with Crippen LogP contribution in [0.1, 0.15) is 41.3 Å². The van der Waals surface area contributed by atoms with Gasteiger partial charge in [0.1, 0.15) is 6.07 Å². The van der Waals surface area contributed by atoms with Crippen molar-refractivity contribution in [2.75, 3.05) is 18.0 Å². The van der Waals surface area contributed by atoms with E-state index in [0.717, 1.165) is 61.2 Å². The van der Waals surface area contributed by atoms with Crippen LogP contribution in [0.5, 0.6) is 0 Å². The number of para-hydroxylation sites is 1. The van der Waals surface area contributed by atoms with Gasteiger partial charge in [0.05, 0.1) is 34.7 Å². The Bertz CT molecular complexity index is 1050. The van der Waals surface area contributed by atoms with Gasteiger partial charge < -0.3 is 10.2 Å². The molecule has 0 spiro atoms. The molecule has 0 atom stereocenters. The Morgan fingerprint density at radius 3 is 2.85 bits per heavy atom. The fourth-order valence-electron chi connectivity index (χ4n) is 4.51. The van der Waals surface area contributed by atoms with E-state index in [4.69, 9.17) is 0 Å². The molecule has 1 fully saturated rings. The van der Waals surface area contributed by atoms with Crippen molar-refractivity contribution in [3.63, 3.8) is 0 Å². The molecule has 0 saturated carbocycles. The SMILES string of the molecule is Cc1cccc2c(N3CCC(n4ncc5c4CNC5)CC3)c(C#N)cnc12. The van der Waals surface area contributed by atoms with Gasteiger partial charge in [-0.1, -0.05) is 18.2 Å². The van der Waals surface area contributed by atoms with Crippen molar-refractivity contribution in [2.45, 2.75) is 38.9 Å². The smallest absolute Gasteiger partial charge is 0.103 e. The van der Waals surface area contributed by atoms with E-state index in [9.17, 15) is 5.26 Å². The summed E-state index contributed by atoms with van der Waals surface area (Å²) in [7, 11) is 0. The highest BCUT2D eigenvalue weighted by Crippen LogP contribution is 2.35. The molecule has 4 heterocycles. The first-order valence-corrected chi connectivity index (χ1v) is 9.55. The molecule has 6 heteroatoms. The maximum atomic E-state index is 9.65. The van der Waals surface area contributed by atoms with Crippen LogP contribution in [0.3, 0.4) is 0 Å². The highest BCUT2D eigenvalue weighted by Gasteiger charge is 2.27. The lowest BCUT2D eigenvalue weighted by Crippen LogP contribution is -2.36. The molecule has 0 unspecified atom stereocenters. The minimum atomic E-state index is 0.435. The van der Waals surface area contributed by atoms with E-state index in [0.29, 0.717) is 11.6 Å². The zero-order valence-corrected chi connectivity index (χ0v) is 15.4. The van der Waals surface area contributed by atoms with Crippen LogP contribution < -0.4 is 10.2 Å². The summed E-state index contributed by atoms with van der Waals surface area (Å²) in [5.74, 6) is 0. The third-order valence-electron chi connectivity index (χ3n) is 5.91. The Morgan fingerprint density at radius 1 is 1.19 bits per heavy atom. The fourth-order valence-corrected chi connectivity index (χ4v) is 4.51. The number of benzene rings is 1. The Morgan fingerprint density at radius 2 is 2.04 bits per heavy atom. The van der Waals surface area contributed by atoms with E-state index < -0.39 is 0 Å². The molecule has 2 aliphatic rings. The van der Waals surface area contributed by atoms with Crippen molar-refractivity contribution < 1.29 is 0 Å². The molecule has 27 heavy (non-hydrogen) atoms. The molecule has 6 nitrogen and oxygen atoms in total. The Labute approximate surface area is 158 Å². The van der Waals surface area contributed by atoms with E-state index >= 15 is 0 Å². The van der Waals surface area contributed by atoms with E-state index in [1.807, 2.05) is 6.20 Å². The van der Waals surface area contributed by atoms with Crippen LogP contribution in [0.25, 0.3) is 10.9 Å². The van der Waals surface area contributed by atoms with Gasteiger partial charge in [0, 0.05) is 43.3 Å². The number of hydrogen-bond acceptors (Lipinski definition) is 5. The predicted molar refractivity (Wildman–Crippen MR) is 104 cm³/mol. The number of aromatic nitrogens is 3. The monoisotopic (exact) mass is 358 g/mol. The van der Waals surface area contributed by atoms with Crippen LogP contribution in [0.2, 0.25) is 0 Å². The van der Waals surface area contributed by atoms with Crippen LogP contribution in [0, 0.1) is 18.3 Å². The Hall–Kier alpha value is -2.91. The first-order valence-electron chi connectivity index (χ1n) is 9.55. The molecule has 1 aromatic carbocycles. The number of aryl methyl sites for hydroxylation is 1. The lowest BCUT2D eigenvalue weighted by molar-refractivity contribution is 0.357. The summed E-state index contributed by atoms with van der Waals surface area (Å²) in [6.07, 6.45) is 5.81. The van der Waals surface area contributed by atoms with Crippen molar-refractivity contribution in [1.82, 2.24) is 20.1 Å². The fraction of sp³-hybridized carbons (Fsp3) is 0.381. The van der Waals surface area contributed by atoms with Gasteiger partial charge >= 0.3 is 0 Å². The first-order chi connectivity index (χ1) is 13.3. The largest absolute Gasteiger partial charge is 0.370 e. The maximum absolute atomic E-state index is 9.65. The Balaban J connectivity index is 1.46. The molecule has 2 aromatic heterocycles. The highest BCUT2D eigenvalue weighted by molar-refractivity contribution is 5.96. The first kappa shape index (κ1) is 16.3. The van der Waals surface area contributed by atoms with Gasteiger partial charge in [0.2, 0.25) is 0 Å². The molecule has 2 aliphatic heterocycles. The topological polar surface area (TPSA) is 69.8 Å². The summed E-state index contributed by atoms with van der Waals surface area (Å²) in [6, 6.07) is 9.00. The third-order valence-corrected chi connectivity index (χ3v) is 5.91. The van der Waals surface area contributed by atoms with Gasteiger partial charge in [-0.2, -0.15) is 10.4 Å². The molecule has 1 saturated heterocycles. The van der Waals surface area contributed by atoms with E-state index in [1.54, 1.807) is 6.20 Å². The maximum Gasteiger partial charge on any atom is 0.103 e. The molecule has 5 rings (SSSR count). The predicted octanol–water partition coefficient (Wildman–Crippen LogP) is 3.06. The average Bonchev–Trinajstić information content (AvgIpc) is 3.31. The van der Waals surface area contributed by atoms with E-state index in [2.05, 4.69) is 56.2 Å². The Kier molecular flexibility index (Phi) is 3.83. The normalized spacial score (nSPS) is 17.3. The van der Waals surface area contributed by atoms with Gasteiger partial charge in [0.25, 0.3) is 0 Å². The molecule has 0 aliphatic carbocycles. The second kappa shape index (κ2) is 6.36. The van der Waals surface area contributed by atoms with Gasteiger partial charge in [-0.3, -0.25) is 9.67 Å². The average molecular weight is 358 g/mol. The molecule has 1 N–H and O–H groups in total. The van der Waals surface area contributed by atoms with Gasteiger partial charge in [-0.25, -0.2) is 0 Å². The third kappa shape index (κ3) is 2.58. The number of piperidine rings is 1. The minimum absolute atomic E-state index is 0.435. The number of hydrogen-bond donors (Lipinski definition) is 1. The summed E-state index contributed by atoms with van der Waals surface area (Å²) in [6.45, 7) is 5.77. The summed E-state index contributed by atoms with van der Waals surface area (Å²) >= 11 is 0. The summed E-state index contributed by atoms with van der Waals surface area (Å²) in [5.41, 5.74) is 6.51. The zero-order chi connectivity index (χ0) is 18.4. The molecule has 136 valence electrons. The number of anilines is 1. The number of nitrogens with zero attached hydrogens (tertiary/aromatic N) is 5. The van der Waals surface area contributed by atoms with Crippen molar-refractivity contribution in [3.8, 4) is 6.07 Å². The lowest BCUT2D eigenvalue weighted by Gasteiger charge is -2.35.